The van der Waals surface area contributed by atoms with Crippen molar-refractivity contribution in [3.63, 3.8) is 0 Å². The zero-order valence-electron chi connectivity index (χ0n) is 13.0. The first kappa shape index (κ1) is 17.7. The van der Waals surface area contributed by atoms with Crippen LogP contribution in [0.25, 0.3) is 0 Å². The van der Waals surface area contributed by atoms with Gasteiger partial charge in [-0.25, -0.2) is 12.7 Å². The standard InChI is InChI=1S/C16H17BrN2O3S/c1-11-10-13(17)6-9-15(11)18-16(20)12-4-7-14(8-5-12)23(21,22)19(2)3/h4-10H,1-3H3,(H,18,20). The summed E-state index contributed by atoms with van der Waals surface area (Å²) in [7, 11) is -0.564. The molecule has 0 atom stereocenters. The van der Waals surface area contributed by atoms with Crippen LogP contribution in [-0.2, 0) is 10.0 Å². The number of benzene rings is 2. The lowest BCUT2D eigenvalue weighted by atomic mass is 10.1. The fourth-order valence-electron chi connectivity index (χ4n) is 1.95. The predicted molar refractivity (Wildman–Crippen MR) is 94.1 cm³/mol. The van der Waals surface area contributed by atoms with Gasteiger partial charge in [0.25, 0.3) is 5.91 Å². The molecule has 0 saturated heterocycles. The molecule has 2 aromatic rings. The van der Waals surface area contributed by atoms with Crippen LogP contribution in [0.2, 0.25) is 0 Å². The Kier molecular flexibility index (Phi) is 5.23. The van der Waals surface area contributed by atoms with Crippen molar-refractivity contribution in [3.8, 4) is 0 Å². The number of sulfonamides is 1. The number of nitrogens with one attached hydrogen (secondary N) is 1. The van der Waals surface area contributed by atoms with Gasteiger partial charge >= 0.3 is 0 Å². The van der Waals surface area contributed by atoms with Gasteiger partial charge in [-0.1, -0.05) is 15.9 Å². The van der Waals surface area contributed by atoms with Gasteiger partial charge in [0.05, 0.1) is 4.90 Å². The topological polar surface area (TPSA) is 66.5 Å². The Balaban J connectivity index is 2.21. The molecule has 0 bridgehead atoms. The largest absolute Gasteiger partial charge is 0.322 e. The van der Waals surface area contributed by atoms with Gasteiger partial charge in [-0.2, -0.15) is 0 Å². The minimum Gasteiger partial charge on any atom is -0.322 e. The summed E-state index contributed by atoms with van der Waals surface area (Å²) in [6.07, 6.45) is 0. The fourth-order valence-corrected chi connectivity index (χ4v) is 3.33. The summed E-state index contributed by atoms with van der Waals surface area (Å²) < 4.78 is 26.1. The van der Waals surface area contributed by atoms with E-state index in [1.54, 1.807) is 0 Å². The number of aryl methyl sites for hydroxylation is 1. The zero-order chi connectivity index (χ0) is 17.2. The quantitative estimate of drug-likeness (QED) is 0.861. The molecule has 1 N–H and O–H groups in total. The molecule has 0 aliphatic heterocycles. The molecule has 122 valence electrons. The Morgan fingerprint density at radius 1 is 1.09 bits per heavy atom. The molecular formula is C16H17BrN2O3S. The molecule has 0 aliphatic carbocycles. The molecule has 0 fully saturated rings. The minimum atomic E-state index is -3.49. The Hall–Kier alpha value is -1.70. The summed E-state index contributed by atoms with van der Waals surface area (Å²) in [6, 6.07) is 11.4. The molecule has 5 nitrogen and oxygen atoms in total. The first-order valence-electron chi connectivity index (χ1n) is 6.82. The zero-order valence-corrected chi connectivity index (χ0v) is 15.4. The highest BCUT2D eigenvalue weighted by atomic mass is 79.9. The highest BCUT2D eigenvalue weighted by Gasteiger charge is 2.17. The second kappa shape index (κ2) is 6.82. The van der Waals surface area contributed by atoms with Crippen LogP contribution in [0.5, 0.6) is 0 Å². The van der Waals surface area contributed by atoms with Crippen molar-refractivity contribution in [2.75, 3.05) is 19.4 Å². The van der Waals surface area contributed by atoms with Gasteiger partial charge in [-0.3, -0.25) is 4.79 Å². The molecule has 0 aromatic heterocycles. The molecule has 0 spiro atoms. The summed E-state index contributed by atoms with van der Waals surface area (Å²) in [4.78, 5) is 12.4. The highest BCUT2D eigenvalue weighted by molar-refractivity contribution is 9.10. The molecule has 0 unspecified atom stereocenters. The van der Waals surface area contributed by atoms with Gasteiger partial charge in [-0.05, 0) is 55.0 Å². The molecule has 7 heteroatoms. The van der Waals surface area contributed by atoms with E-state index in [-0.39, 0.29) is 10.8 Å². The molecule has 0 radical (unpaired) electrons. The van der Waals surface area contributed by atoms with E-state index >= 15 is 0 Å². The highest BCUT2D eigenvalue weighted by Crippen LogP contribution is 2.21. The number of rotatable bonds is 4. The van der Waals surface area contributed by atoms with Crippen LogP contribution < -0.4 is 5.32 Å². The molecule has 2 aromatic carbocycles. The molecule has 2 rings (SSSR count). The number of anilines is 1. The predicted octanol–water partition coefficient (Wildman–Crippen LogP) is 3.26. The van der Waals surface area contributed by atoms with E-state index in [0.717, 1.165) is 14.3 Å². The summed E-state index contributed by atoms with van der Waals surface area (Å²) in [6.45, 7) is 1.90. The SMILES string of the molecule is Cc1cc(Br)ccc1NC(=O)c1ccc(S(=O)(=O)N(C)C)cc1. The third-order valence-electron chi connectivity index (χ3n) is 3.33. The number of carbonyl (C=O) groups excluding carboxylic acids is 1. The van der Waals surface area contributed by atoms with Crippen LogP contribution in [0, 0.1) is 6.92 Å². The average molecular weight is 397 g/mol. The maximum absolute atomic E-state index is 12.3. The number of amides is 1. The third-order valence-corrected chi connectivity index (χ3v) is 5.65. The molecule has 0 heterocycles. The number of halogens is 1. The van der Waals surface area contributed by atoms with Crippen LogP contribution in [0.15, 0.2) is 51.8 Å². The Morgan fingerprint density at radius 3 is 2.22 bits per heavy atom. The second-order valence-corrected chi connectivity index (χ2v) is 8.29. The smallest absolute Gasteiger partial charge is 0.255 e. The number of carbonyl (C=O) groups is 1. The summed E-state index contributed by atoms with van der Waals surface area (Å²) in [5.74, 6) is -0.288. The van der Waals surface area contributed by atoms with Gasteiger partial charge in [-0.15, -0.1) is 0 Å². The Morgan fingerprint density at radius 2 is 1.70 bits per heavy atom. The number of hydrogen-bond acceptors (Lipinski definition) is 3. The maximum atomic E-state index is 12.3. The fraction of sp³-hybridized carbons (Fsp3) is 0.188. The summed E-state index contributed by atoms with van der Waals surface area (Å²) in [5, 5.41) is 2.82. The summed E-state index contributed by atoms with van der Waals surface area (Å²) >= 11 is 3.37. The van der Waals surface area contributed by atoms with Gasteiger partial charge in [0, 0.05) is 29.8 Å². The van der Waals surface area contributed by atoms with E-state index in [1.165, 1.54) is 38.4 Å². The van der Waals surface area contributed by atoms with Crippen molar-refractivity contribution < 1.29 is 13.2 Å². The van der Waals surface area contributed by atoms with Crippen molar-refractivity contribution in [1.82, 2.24) is 4.31 Å². The number of nitrogens with zero attached hydrogens (tertiary/aromatic N) is 1. The number of hydrogen-bond donors (Lipinski definition) is 1. The van der Waals surface area contributed by atoms with Crippen LogP contribution in [0.1, 0.15) is 15.9 Å². The third kappa shape index (κ3) is 3.99. The normalized spacial score (nSPS) is 11.5. The minimum absolute atomic E-state index is 0.152. The van der Waals surface area contributed by atoms with Crippen LogP contribution >= 0.6 is 15.9 Å². The molecular weight excluding hydrogens is 380 g/mol. The van der Waals surface area contributed by atoms with Crippen molar-refractivity contribution in [3.05, 3.63) is 58.1 Å². The summed E-state index contributed by atoms with van der Waals surface area (Å²) in [5.41, 5.74) is 2.03. The lowest BCUT2D eigenvalue weighted by Crippen LogP contribution is -2.22. The van der Waals surface area contributed by atoms with Gasteiger partial charge in [0.15, 0.2) is 0 Å². The lowest BCUT2D eigenvalue weighted by molar-refractivity contribution is 0.102. The van der Waals surface area contributed by atoms with Crippen LogP contribution in [0.4, 0.5) is 5.69 Å². The van der Waals surface area contributed by atoms with Gasteiger partial charge in [0.1, 0.15) is 0 Å². The molecule has 0 saturated carbocycles. The maximum Gasteiger partial charge on any atom is 0.255 e. The first-order chi connectivity index (χ1) is 10.7. The van der Waals surface area contributed by atoms with E-state index in [2.05, 4.69) is 21.2 Å². The molecule has 23 heavy (non-hydrogen) atoms. The van der Waals surface area contributed by atoms with Gasteiger partial charge < -0.3 is 5.32 Å². The van der Waals surface area contributed by atoms with Gasteiger partial charge in [0.2, 0.25) is 10.0 Å². The van der Waals surface area contributed by atoms with E-state index < -0.39 is 10.0 Å². The second-order valence-electron chi connectivity index (χ2n) is 5.23. The van der Waals surface area contributed by atoms with Crippen LogP contribution in [-0.4, -0.2) is 32.7 Å². The Labute approximate surface area is 144 Å². The average Bonchev–Trinajstić information content (AvgIpc) is 2.50. The van der Waals surface area contributed by atoms with E-state index in [9.17, 15) is 13.2 Å². The van der Waals surface area contributed by atoms with E-state index in [0.29, 0.717) is 11.3 Å². The van der Waals surface area contributed by atoms with E-state index in [4.69, 9.17) is 0 Å². The van der Waals surface area contributed by atoms with Crippen molar-refractivity contribution in [2.45, 2.75) is 11.8 Å². The van der Waals surface area contributed by atoms with Crippen molar-refractivity contribution in [2.24, 2.45) is 0 Å². The lowest BCUT2D eigenvalue weighted by Gasteiger charge is -2.12. The van der Waals surface area contributed by atoms with Crippen molar-refractivity contribution >= 4 is 37.5 Å². The molecule has 1 amide bonds. The van der Waals surface area contributed by atoms with Crippen LogP contribution in [0.3, 0.4) is 0 Å². The van der Waals surface area contributed by atoms with Crippen molar-refractivity contribution in [1.29, 1.82) is 0 Å². The molecule has 0 aliphatic rings. The van der Waals surface area contributed by atoms with E-state index in [1.807, 2.05) is 25.1 Å². The monoisotopic (exact) mass is 396 g/mol. The Bertz CT molecular complexity index is 831. The first-order valence-corrected chi connectivity index (χ1v) is 9.05.